The van der Waals surface area contributed by atoms with Crippen molar-refractivity contribution in [1.82, 2.24) is 10.3 Å². The third-order valence-electron chi connectivity index (χ3n) is 3.80. The molecule has 1 aliphatic carbocycles. The highest BCUT2D eigenvalue weighted by Gasteiger charge is 2.18. The van der Waals surface area contributed by atoms with E-state index in [9.17, 15) is 4.79 Å². The number of carbonyl (C=O) groups excluding carboxylic acids is 1. The number of rotatable bonds is 4. The molecule has 0 unspecified atom stereocenters. The molecule has 0 spiro atoms. The van der Waals surface area contributed by atoms with Gasteiger partial charge in [-0.2, -0.15) is 0 Å². The lowest BCUT2D eigenvalue weighted by Gasteiger charge is -2.12. The van der Waals surface area contributed by atoms with E-state index in [2.05, 4.69) is 31.5 Å². The summed E-state index contributed by atoms with van der Waals surface area (Å²) in [5.74, 6) is -0.0442. The topological polar surface area (TPSA) is 54.0 Å². The van der Waals surface area contributed by atoms with Crippen molar-refractivity contribution in [2.24, 2.45) is 0 Å². The van der Waals surface area contributed by atoms with E-state index in [-0.39, 0.29) is 5.91 Å². The number of carbonyl (C=O) groups is 1. The van der Waals surface area contributed by atoms with Crippen LogP contribution >= 0.6 is 15.9 Å². The van der Waals surface area contributed by atoms with E-state index in [4.69, 9.17) is 0 Å². The Labute approximate surface area is 138 Å². The maximum absolute atomic E-state index is 12.3. The molecule has 1 saturated carbocycles. The maximum Gasteiger partial charge on any atom is 0.253 e. The number of nitrogens with zero attached hydrogens (tertiary/aromatic N) is 1. The van der Waals surface area contributed by atoms with E-state index in [1.54, 1.807) is 12.4 Å². The Morgan fingerprint density at radius 3 is 2.73 bits per heavy atom. The van der Waals surface area contributed by atoms with Crippen LogP contribution in [-0.2, 0) is 0 Å². The first-order valence-electron chi connectivity index (χ1n) is 7.49. The lowest BCUT2D eigenvalue weighted by Crippen LogP contribution is -2.32. The van der Waals surface area contributed by atoms with Crippen LogP contribution in [0.2, 0.25) is 0 Å². The summed E-state index contributed by atoms with van der Waals surface area (Å²) in [6.45, 7) is 0. The van der Waals surface area contributed by atoms with Crippen molar-refractivity contribution in [1.29, 1.82) is 0 Å². The molecule has 1 aromatic carbocycles. The number of hydrogen-bond acceptors (Lipinski definition) is 3. The molecular formula is C17H18BrN3O. The number of hydrogen-bond donors (Lipinski definition) is 2. The van der Waals surface area contributed by atoms with Gasteiger partial charge in [0.25, 0.3) is 5.91 Å². The third-order valence-corrected chi connectivity index (χ3v) is 4.30. The van der Waals surface area contributed by atoms with Crippen LogP contribution in [0.25, 0.3) is 0 Å². The number of nitrogens with one attached hydrogen (secondary N) is 2. The van der Waals surface area contributed by atoms with Gasteiger partial charge in [0.15, 0.2) is 0 Å². The molecule has 0 radical (unpaired) electrons. The van der Waals surface area contributed by atoms with Gasteiger partial charge in [-0.05, 0) is 37.1 Å². The molecule has 1 aromatic heterocycles. The molecule has 5 heteroatoms. The number of anilines is 2. The normalized spacial score (nSPS) is 14.8. The molecule has 0 bridgehead atoms. The standard InChI is InChI=1S/C17H18BrN3O/c18-13-4-3-7-15(9-13)20-16-8-12(10-19-11-16)17(22)21-14-5-1-2-6-14/h3-4,7-11,14,20H,1-2,5-6H2,(H,21,22). The lowest BCUT2D eigenvalue weighted by atomic mass is 10.2. The Balaban J connectivity index is 1.70. The second kappa shape index (κ2) is 6.92. The predicted octanol–water partition coefficient (Wildman–Crippen LogP) is 4.26. The van der Waals surface area contributed by atoms with Crippen LogP contribution in [0.4, 0.5) is 11.4 Å². The Kier molecular flexibility index (Phi) is 4.73. The predicted molar refractivity (Wildman–Crippen MR) is 91.4 cm³/mol. The van der Waals surface area contributed by atoms with E-state index in [0.29, 0.717) is 11.6 Å². The van der Waals surface area contributed by atoms with Crippen molar-refractivity contribution in [3.8, 4) is 0 Å². The number of benzene rings is 1. The smallest absolute Gasteiger partial charge is 0.253 e. The first kappa shape index (κ1) is 15.0. The molecule has 1 amide bonds. The summed E-state index contributed by atoms with van der Waals surface area (Å²) < 4.78 is 1.00. The van der Waals surface area contributed by atoms with Crippen LogP contribution < -0.4 is 10.6 Å². The zero-order chi connectivity index (χ0) is 15.4. The molecule has 0 saturated heterocycles. The Morgan fingerprint density at radius 1 is 1.14 bits per heavy atom. The Bertz CT molecular complexity index is 668. The van der Waals surface area contributed by atoms with E-state index < -0.39 is 0 Å². The van der Waals surface area contributed by atoms with Crippen LogP contribution in [-0.4, -0.2) is 16.9 Å². The summed E-state index contributed by atoms with van der Waals surface area (Å²) in [6, 6.07) is 10.0. The fourth-order valence-electron chi connectivity index (χ4n) is 2.70. The number of pyridine rings is 1. The highest BCUT2D eigenvalue weighted by atomic mass is 79.9. The fourth-order valence-corrected chi connectivity index (χ4v) is 3.10. The number of amides is 1. The second-order valence-electron chi connectivity index (χ2n) is 5.55. The van der Waals surface area contributed by atoms with Crippen molar-refractivity contribution in [3.63, 3.8) is 0 Å². The molecule has 22 heavy (non-hydrogen) atoms. The molecule has 4 nitrogen and oxygen atoms in total. The number of aromatic nitrogens is 1. The number of halogens is 1. The first-order valence-corrected chi connectivity index (χ1v) is 8.28. The highest BCUT2D eigenvalue weighted by molar-refractivity contribution is 9.10. The first-order chi connectivity index (χ1) is 10.7. The van der Waals surface area contributed by atoms with E-state index >= 15 is 0 Å². The minimum absolute atomic E-state index is 0.0442. The zero-order valence-electron chi connectivity index (χ0n) is 12.2. The van der Waals surface area contributed by atoms with Gasteiger partial charge in [0, 0.05) is 22.4 Å². The molecule has 1 heterocycles. The molecule has 2 aromatic rings. The molecule has 3 rings (SSSR count). The molecule has 0 atom stereocenters. The van der Waals surface area contributed by atoms with Crippen molar-refractivity contribution in [2.75, 3.05) is 5.32 Å². The van der Waals surface area contributed by atoms with Gasteiger partial charge in [-0.25, -0.2) is 0 Å². The van der Waals surface area contributed by atoms with Crippen molar-refractivity contribution in [2.45, 2.75) is 31.7 Å². The maximum atomic E-state index is 12.3. The summed E-state index contributed by atoms with van der Waals surface area (Å²) in [4.78, 5) is 16.4. The van der Waals surface area contributed by atoms with Gasteiger partial charge in [0.2, 0.25) is 0 Å². The molecule has 1 fully saturated rings. The average Bonchev–Trinajstić information content (AvgIpc) is 3.00. The molecule has 114 valence electrons. The average molecular weight is 360 g/mol. The monoisotopic (exact) mass is 359 g/mol. The van der Waals surface area contributed by atoms with Gasteiger partial charge in [-0.3, -0.25) is 9.78 Å². The fraction of sp³-hybridized carbons (Fsp3) is 0.294. The Hall–Kier alpha value is -1.88. The summed E-state index contributed by atoms with van der Waals surface area (Å²) in [5, 5.41) is 6.34. The third kappa shape index (κ3) is 3.85. The lowest BCUT2D eigenvalue weighted by molar-refractivity contribution is 0.0937. The van der Waals surface area contributed by atoms with Crippen LogP contribution in [0.5, 0.6) is 0 Å². The summed E-state index contributed by atoms with van der Waals surface area (Å²) in [6.07, 6.45) is 7.88. The summed E-state index contributed by atoms with van der Waals surface area (Å²) >= 11 is 3.44. The second-order valence-corrected chi connectivity index (χ2v) is 6.47. The molecule has 2 N–H and O–H groups in total. The van der Waals surface area contributed by atoms with Crippen molar-refractivity contribution >= 4 is 33.2 Å². The van der Waals surface area contributed by atoms with Gasteiger partial charge < -0.3 is 10.6 Å². The van der Waals surface area contributed by atoms with E-state index in [1.165, 1.54) is 12.8 Å². The summed E-state index contributed by atoms with van der Waals surface area (Å²) in [5.41, 5.74) is 2.34. The molecular weight excluding hydrogens is 342 g/mol. The van der Waals surface area contributed by atoms with Crippen molar-refractivity contribution < 1.29 is 4.79 Å². The van der Waals surface area contributed by atoms with Gasteiger partial charge in [0.05, 0.1) is 17.4 Å². The molecule has 0 aliphatic heterocycles. The Morgan fingerprint density at radius 2 is 1.95 bits per heavy atom. The largest absolute Gasteiger partial charge is 0.354 e. The van der Waals surface area contributed by atoms with Gasteiger partial charge in [-0.1, -0.05) is 34.8 Å². The SMILES string of the molecule is O=C(NC1CCCC1)c1cncc(Nc2cccc(Br)c2)c1. The molecule has 1 aliphatic rings. The highest BCUT2D eigenvalue weighted by Crippen LogP contribution is 2.21. The van der Waals surface area contributed by atoms with E-state index in [1.807, 2.05) is 30.3 Å². The minimum Gasteiger partial charge on any atom is -0.354 e. The van der Waals surface area contributed by atoms with Crippen LogP contribution in [0, 0.1) is 0 Å². The quantitative estimate of drug-likeness (QED) is 0.857. The summed E-state index contributed by atoms with van der Waals surface area (Å²) in [7, 11) is 0. The van der Waals surface area contributed by atoms with Crippen LogP contribution in [0.15, 0.2) is 47.2 Å². The van der Waals surface area contributed by atoms with Crippen LogP contribution in [0.3, 0.4) is 0 Å². The zero-order valence-corrected chi connectivity index (χ0v) is 13.8. The minimum atomic E-state index is -0.0442. The van der Waals surface area contributed by atoms with Gasteiger partial charge >= 0.3 is 0 Å². The van der Waals surface area contributed by atoms with Gasteiger partial charge in [-0.15, -0.1) is 0 Å². The van der Waals surface area contributed by atoms with Crippen LogP contribution in [0.1, 0.15) is 36.0 Å². The van der Waals surface area contributed by atoms with Crippen molar-refractivity contribution in [3.05, 3.63) is 52.8 Å². The van der Waals surface area contributed by atoms with Gasteiger partial charge in [0.1, 0.15) is 0 Å². The van der Waals surface area contributed by atoms with E-state index in [0.717, 1.165) is 28.7 Å².